The molecule has 0 aliphatic rings. The Bertz CT molecular complexity index is 590. The van der Waals surface area contributed by atoms with Crippen molar-refractivity contribution in [2.24, 2.45) is 0 Å². The Hall–Kier alpha value is -2.10. The van der Waals surface area contributed by atoms with Crippen molar-refractivity contribution in [2.75, 3.05) is 17.3 Å². The molecule has 0 aliphatic carbocycles. The van der Waals surface area contributed by atoms with Crippen molar-refractivity contribution in [1.29, 1.82) is 0 Å². The summed E-state index contributed by atoms with van der Waals surface area (Å²) in [6, 6.07) is 12.4. The van der Waals surface area contributed by atoms with Gasteiger partial charge < -0.3 is 10.2 Å². The molecule has 0 saturated carbocycles. The number of pyridine rings is 1. The van der Waals surface area contributed by atoms with Gasteiger partial charge in [0.05, 0.1) is 5.69 Å². The van der Waals surface area contributed by atoms with Crippen LogP contribution in [0.1, 0.15) is 20.8 Å². The van der Waals surface area contributed by atoms with Gasteiger partial charge >= 0.3 is 0 Å². The zero-order valence-corrected chi connectivity index (χ0v) is 12.3. The minimum Gasteiger partial charge on any atom is -0.365 e. The van der Waals surface area contributed by atoms with Crippen LogP contribution in [-0.4, -0.2) is 17.6 Å². The van der Waals surface area contributed by atoms with Gasteiger partial charge in [0, 0.05) is 12.6 Å². The van der Waals surface area contributed by atoms with Crippen LogP contribution >= 0.6 is 0 Å². The zero-order chi connectivity index (χ0) is 14.8. The maximum Gasteiger partial charge on any atom is 0.146 e. The van der Waals surface area contributed by atoms with Gasteiger partial charge in [-0.25, -0.2) is 9.37 Å². The van der Waals surface area contributed by atoms with Crippen LogP contribution in [0.15, 0.2) is 42.5 Å². The maximum absolute atomic E-state index is 13.8. The molecule has 0 atom stereocenters. The van der Waals surface area contributed by atoms with Gasteiger partial charge in [-0.05, 0) is 45.0 Å². The predicted molar refractivity (Wildman–Crippen MR) is 82.1 cm³/mol. The molecule has 1 aromatic carbocycles. The first-order valence-corrected chi connectivity index (χ1v) is 6.60. The average molecular weight is 273 g/mol. The van der Waals surface area contributed by atoms with E-state index >= 15 is 0 Å². The van der Waals surface area contributed by atoms with Crippen LogP contribution in [-0.2, 0) is 0 Å². The Balaban J connectivity index is 2.29. The number of halogens is 1. The van der Waals surface area contributed by atoms with Crippen LogP contribution in [0.2, 0.25) is 0 Å². The summed E-state index contributed by atoms with van der Waals surface area (Å²) < 4.78 is 13.8. The van der Waals surface area contributed by atoms with Crippen molar-refractivity contribution in [1.82, 2.24) is 4.98 Å². The number of rotatable bonds is 3. The molecule has 0 saturated heterocycles. The first kappa shape index (κ1) is 14.3. The minimum absolute atomic E-state index is 0.0673. The average Bonchev–Trinajstić information content (AvgIpc) is 2.37. The molecule has 4 heteroatoms. The monoisotopic (exact) mass is 273 g/mol. The van der Waals surface area contributed by atoms with Crippen molar-refractivity contribution < 1.29 is 4.39 Å². The summed E-state index contributed by atoms with van der Waals surface area (Å²) in [4.78, 5) is 6.26. The Morgan fingerprint density at radius 2 is 1.75 bits per heavy atom. The number of benzene rings is 1. The molecular formula is C16H20FN3. The molecule has 0 fully saturated rings. The second kappa shape index (κ2) is 5.49. The van der Waals surface area contributed by atoms with Crippen LogP contribution in [0.25, 0.3) is 0 Å². The summed E-state index contributed by atoms with van der Waals surface area (Å²) in [7, 11) is 1.81. The molecule has 0 bridgehead atoms. The molecule has 1 N–H and O–H groups in total. The van der Waals surface area contributed by atoms with Crippen LogP contribution in [0, 0.1) is 5.82 Å². The van der Waals surface area contributed by atoms with E-state index in [1.807, 2.05) is 31.3 Å². The number of aromatic nitrogens is 1. The lowest BCUT2D eigenvalue weighted by Gasteiger charge is -2.23. The normalized spacial score (nSPS) is 11.2. The number of anilines is 3. The predicted octanol–water partition coefficient (Wildman–Crippen LogP) is 4.20. The lowest BCUT2D eigenvalue weighted by Crippen LogP contribution is -2.27. The van der Waals surface area contributed by atoms with Crippen LogP contribution in [0.4, 0.5) is 21.7 Å². The number of nitrogens with one attached hydrogen (secondary N) is 1. The Kier molecular flexibility index (Phi) is 3.93. The van der Waals surface area contributed by atoms with E-state index in [1.165, 1.54) is 6.07 Å². The summed E-state index contributed by atoms with van der Waals surface area (Å²) in [6.45, 7) is 6.21. The standard InChI is InChI=1S/C16H20FN3/c1-16(2,3)19-14-10-7-11-15(18-14)20(4)13-9-6-5-8-12(13)17/h5-11H,1-4H3,(H,18,19). The molecule has 0 unspecified atom stereocenters. The van der Waals surface area contributed by atoms with Gasteiger partial charge in [-0.3, -0.25) is 0 Å². The lowest BCUT2D eigenvalue weighted by atomic mass is 10.1. The molecule has 0 aliphatic heterocycles. The fraction of sp³-hybridized carbons (Fsp3) is 0.312. The van der Waals surface area contributed by atoms with Gasteiger partial charge in [-0.15, -0.1) is 0 Å². The van der Waals surface area contributed by atoms with E-state index in [2.05, 4.69) is 31.1 Å². The smallest absolute Gasteiger partial charge is 0.146 e. The second-order valence-corrected chi connectivity index (χ2v) is 5.77. The van der Waals surface area contributed by atoms with E-state index in [9.17, 15) is 4.39 Å². The van der Waals surface area contributed by atoms with Gasteiger partial charge in [0.15, 0.2) is 0 Å². The quantitative estimate of drug-likeness (QED) is 0.908. The van der Waals surface area contributed by atoms with Crippen molar-refractivity contribution in [3.63, 3.8) is 0 Å². The van der Waals surface area contributed by atoms with Gasteiger partial charge in [0.2, 0.25) is 0 Å². The van der Waals surface area contributed by atoms with Crippen molar-refractivity contribution >= 4 is 17.3 Å². The van der Waals surface area contributed by atoms with Gasteiger partial charge in [-0.1, -0.05) is 18.2 Å². The fourth-order valence-electron chi connectivity index (χ4n) is 1.91. The SMILES string of the molecule is CN(c1cccc(NC(C)(C)C)n1)c1ccccc1F. The molecule has 0 amide bonds. The van der Waals surface area contributed by atoms with Crippen LogP contribution < -0.4 is 10.2 Å². The highest BCUT2D eigenvalue weighted by Gasteiger charge is 2.13. The summed E-state index contributed by atoms with van der Waals surface area (Å²) in [6.07, 6.45) is 0. The molecular weight excluding hydrogens is 253 g/mol. The third kappa shape index (κ3) is 3.47. The fourth-order valence-corrected chi connectivity index (χ4v) is 1.91. The molecule has 0 radical (unpaired) electrons. The van der Waals surface area contributed by atoms with Crippen molar-refractivity contribution in [3.8, 4) is 0 Å². The summed E-state index contributed by atoms with van der Waals surface area (Å²) in [5, 5.41) is 3.31. The Morgan fingerprint density at radius 1 is 1.05 bits per heavy atom. The van der Waals surface area contributed by atoms with E-state index in [0.717, 1.165) is 5.82 Å². The van der Waals surface area contributed by atoms with Crippen LogP contribution in [0.5, 0.6) is 0 Å². The Morgan fingerprint density at radius 3 is 2.40 bits per heavy atom. The van der Waals surface area contributed by atoms with E-state index in [1.54, 1.807) is 17.0 Å². The third-order valence-corrected chi connectivity index (χ3v) is 2.79. The van der Waals surface area contributed by atoms with Crippen molar-refractivity contribution in [3.05, 3.63) is 48.3 Å². The second-order valence-electron chi connectivity index (χ2n) is 5.77. The topological polar surface area (TPSA) is 28.2 Å². The molecule has 3 nitrogen and oxygen atoms in total. The number of hydrogen-bond acceptors (Lipinski definition) is 3. The molecule has 20 heavy (non-hydrogen) atoms. The van der Waals surface area contributed by atoms with E-state index in [4.69, 9.17) is 0 Å². The molecule has 1 heterocycles. The molecule has 2 rings (SSSR count). The van der Waals surface area contributed by atoms with Crippen molar-refractivity contribution in [2.45, 2.75) is 26.3 Å². The van der Waals surface area contributed by atoms with Gasteiger partial charge in [0.25, 0.3) is 0 Å². The highest BCUT2D eigenvalue weighted by molar-refractivity contribution is 5.61. The maximum atomic E-state index is 13.8. The zero-order valence-electron chi connectivity index (χ0n) is 12.3. The summed E-state index contributed by atoms with van der Waals surface area (Å²) in [5.41, 5.74) is 0.440. The van der Waals surface area contributed by atoms with Gasteiger partial charge in [-0.2, -0.15) is 0 Å². The summed E-state index contributed by atoms with van der Waals surface area (Å²) >= 11 is 0. The minimum atomic E-state index is -0.258. The van der Waals surface area contributed by atoms with Gasteiger partial charge in [0.1, 0.15) is 17.5 Å². The van der Waals surface area contributed by atoms with E-state index in [-0.39, 0.29) is 11.4 Å². The first-order chi connectivity index (χ1) is 9.37. The molecule has 106 valence electrons. The molecule has 2 aromatic rings. The van der Waals surface area contributed by atoms with E-state index in [0.29, 0.717) is 11.5 Å². The number of para-hydroxylation sites is 1. The third-order valence-electron chi connectivity index (χ3n) is 2.79. The van der Waals surface area contributed by atoms with E-state index < -0.39 is 0 Å². The number of hydrogen-bond donors (Lipinski definition) is 1. The molecule has 1 aromatic heterocycles. The lowest BCUT2D eigenvalue weighted by molar-refractivity contribution is 0.626. The largest absolute Gasteiger partial charge is 0.365 e. The highest BCUT2D eigenvalue weighted by Crippen LogP contribution is 2.25. The van der Waals surface area contributed by atoms with Crippen LogP contribution in [0.3, 0.4) is 0 Å². The molecule has 0 spiro atoms. The summed E-state index contributed by atoms with van der Waals surface area (Å²) in [5.74, 6) is 1.22. The Labute approximate surface area is 119 Å². The number of nitrogens with zero attached hydrogens (tertiary/aromatic N) is 2. The highest BCUT2D eigenvalue weighted by atomic mass is 19.1. The first-order valence-electron chi connectivity index (χ1n) is 6.60.